The van der Waals surface area contributed by atoms with Crippen LogP contribution in [-0.2, 0) is 11.2 Å². The van der Waals surface area contributed by atoms with Crippen LogP contribution in [-0.4, -0.2) is 13.0 Å². The second kappa shape index (κ2) is 5.09. The number of hydrogen-bond acceptors (Lipinski definition) is 2. The lowest BCUT2D eigenvalue weighted by atomic mass is 9.97. The lowest BCUT2D eigenvalue weighted by Gasteiger charge is -2.26. The number of carbonyl (C=O) groups excluding carboxylic acids is 1. The number of furan rings is 1. The molecule has 0 saturated carbocycles. The van der Waals surface area contributed by atoms with Crippen molar-refractivity contribution in [2.45, 2.75) is 24.6 Å². The van der Waals surface area contributed by atoms with E-state index >= 15 is 0 Å². The van der Waals surface area contributed by atoms with Crippen LogP contribution in [0.4, 0.5) is 5.69 Å². The molecule has 1 aliphatic rings. The van der Waals surface area contributed by atoms with E-state index in [1.54, 1.807) is 11.2 Å². The number of hydrogen-bond donors (Lipinski definition) is 0. The van der Waals surface area contributed by atoms with E-state index in [1.165, 1.54) is 5.56 Å². The Morgan fingerprint density at radius 2 is 2.10 bits per heavy atom. The molecule has 0 aliphatic carbocycles. The monoisotopic (exact) mass is 333 g/mol. The van der Waals surface area contributed by atoms with E-state index in [4.69, 9.17) is 4.42 Å². The number of aryl methyl sites for hydroxylation is 2. The first kappa shape index (κ1) is 13.4. The summed E-state index contributed by atoms with van der Waals surface area (Å²) >= 11 is 3.70. The number of carbonyl (C=O) groups is 1. The highest BCUT2D eigenvalue weighted by Gasteiger charge is 2.23. The number of fused-ring (bicyclic) bond motifs is 1. The summed E-state index contributed by atoms with van der Waals surface area (Å²) in [5, 5.41) is 0. The number of halogens is 1. The molecule has 1 amide bonds. The summed E-state index contributed by atoms with van der Waals surface area (Å²) in [5.41, 5.74) is 4.53. The number of nitrogens with zero attached hydrogens (tertiary/aromatic N) is 1. The highest BCUT2D eigenvalue weighted by Crippen LogP contribution is 2.36. The molecule has 2 aromatic rings. The molecule has 1 unspecified atom stereocenters. The van der Waals surface area contributed by atoms with Crippen molar-refractivity contribution in [3.63, 3.8) is 0 Å². The molecule has 1 aromatic heterocycles. The first-order chi connectivity index (χ1) is 9.58. The lowest BCUT2D eigenvalue weighted by Crippen LogP contribution is -2.31. The number of alkyl halides is 1. The van der Waals surface area contributed by atoms with Gasteiger partial charge in [0.25, 0.3) is 0 Å². The number of anilines is 1. The molecule has 0 N–H and O–H groups in total. The van der Waals surface area contributed by atoms with Gasteiger partial charge in [0.15, 0.2) is 0 Å². The van der Waals surface area contributed by atoms with Gasteiger partial charge in [0.05, 0.1) is 11.1 Å². The highest BCUT2D eigenvalue weighted by molar-refractivity contribution is 9.09. The molecule has 1 atom stereocenters. The quantitative estimate of drug-likeness (QED) is 0.779. The topological polar surface area (TPSA) is 33.5 Å². The molecule has 0 fully saturated rings. The van der Waals surface area contributed by atoms with E-state index in [9.17, 15) is 4.79 Å². The molecule has 0 saturated heterocycles. The van der Waals surface area contributed by atoms with Crippen LogP contribution in [0.2, 0.25) is 0 Å². The van der Waals surface area contributed by atoms with Crippen molar-refractivity contribution in [2.75, 3.05) is 11.9 Å². The summed E-state index contributed by atoms with van der Waals surface area (Å²) in [5.74, 6) is 1.12. The number of amides is 1. The van der Waals surface area contributed by atoms with Gasteiger partial charge in [0.1, 0.15) is 5.76 Å². The van der Waals surface area contributed by atoms with Crippen LogP contribution in [0.3, 0.4) is 0 Å². The maximum atomic E-state index is 11.7. The minimum absolute atomic E-state index is 0.0470. The van der Waals surface area contributed by atoms with Crippen LogP contribution >= 0.6 is 15.9 Å². The smallest absolute Gasteiger partial charge is 0.227 e. The Hall–Kier alpha value is -1.55. The van der Waals surface area contributed by atoms with Crippen molar-refractivity contribution >= 4 is 27.5 Å². The largest absolute Gasteiger partial charge is 0.468 e. The van der Waals surface area contributed by atoms with Crippen molar-refractivity contribution in [1.29, 1.82) is 0 Å². The zero-order valence-electron chi connectivity index (χ0n) is 11.5. The van der Waals surface area contributed by atoms with Crippen molar-refractivity contribution in [1.82, 2.24) is 0 Å². The van der Waals surface area contributed by atoms with Gasteiger partial charge in [-0.15, -0.1) is 0 Å². The van der Waals surface area contributed by atoms with Crippen LogP contribution in [0.25, 0.3) is 0 Å². The van der Waals surface area contributed by atoms with Gasteiger partial charge < -0.3 is 9.32 Å². The second-order valence-corrected chi connectivity index (χ2v) is 6.09. The van der Waals surface area contributed by atoms with Crippen molar-refractivity contribution in [3.05, 3.63) is 53.0 Å². The fourth-order valence-corrected chi connectivity index (χ4v) is 3.38. The Labute approximate surface area is 126 Å². The van der Waals surface area contributed by atoms with Crippen molar-refractivity contribution in [3.8, 4) is 0 Å². The zero-order valence-corrected chi connectivity index (χ0v) is 13.1. The molecule has 0 spiro atoms. The molecule has 0 bridgehead atoms. The number of benzene rings is 1. The van der Waals surface area contributed by atoms with E-state index in [1.807, 2.05) is 26.1 Å². The van der Waals surface area contributed by atoms with Gasteiger partial charge in [-0.3, -0.25) is 4.79 Å². The van der Waals surface area contributed by atoms with E-state index in [0.29, 0.717) is 6.42 Å². The Morgan fingerprint density at radius 1 is 1.30 bits per heavy atom. The Morgan fingerprint density at radius 3 is 2.80 bits per heavy atom. The van der Waals surface area contributed by atoms with E-state index in [2.05, 4.69) is 28.1 Å². The molecule has 1 aliphatic heterocycles. The third-order valence-electron chi connectivity index (χ3n) is 3.87. The maximum absolute atomic E-state index is 11.7. The zero-order chi connectivity index (χ0) is 14.3. The van der Waals surface area contributed by atoms with E-state index < -0.39 is 0 Å². The third-order valence-corrected chi connectivity index (χ3v) is 4.82. The van der Waals surface area contributed by atoms with Gasteiger partial charge in [-0.25, -0.2) is 0 Å². The molecule has 104 valence electrons. The summed E-state index contributed by atoms with van der Waals surface area (Å²) in [6.45, 7) is 2.04. The minimum atomic E-state index is 0.0470. The van der Waals surface area contributed by atoms with Gasteiger partial charge in [-0.05, 0) is 42.2 Å². The Bertz CT molecular complexity index is 662. The van der Waals surface area contributed by atoms with Crippen LogP contribution < -0.4 is 4.90 Å². The lowest BCUT2D eigenvalue weighted by molar-refractivity contribution is -0.118. The highest BCUT2D eigenvalue weighted by atomic mass is 79.9. The molecule has 3 rings (SSSR count). The average molecular weight is 334 g/mol. The van der Waals surface area contributed by atoms with Crippen molar-refractivity contribution in [2.24, 2.45) is 0 Å². The van der Waals surface area contributed by atoms with Crippen LogP contribution in [0.1, 0.15) is 33.7 Å². The van der Waals surface area contributed by atoms with Gasteiger partial charge in [-0.1, -0.05) is 28.1 Å². The first-order valence-corrected chi connectivity index (χ1v) is 7.57. The van der Waals surface area contributed by atoms with Crippen LogP contribution in [0.15, 0.2) is 34.9 Å². The maximum Gasteiger partial charge on any atom is 0.227 e. The minimum Gasteiger partial charge on any atom is -0.468 e. The van der Waals surface area contributed by atoms with Crippen LogP contribution in [0.5, 0.6) is 0 Å². The van der Waals surface area contributed by atoms with Gasteiger partial charge in [0.2, 0.25) is 5.91 Å². The standard InChI is InChI=1S/C16H16BrNO2/c1-10-7-8-20-16(10)15(17)12-3-5-13-11(9-12)4-6-14(19)18(13)2/h3,5,7-9,15H,4,6H2,1-2H3. The fourth-order valence-electron chi connectivity index (χ4n) is 2.63. The Balaban J connectivity index is 1.97. The SMILES string of the molecule is Cc1ccoc1C(Br)c1ccc2c(c1)CCC(=O)N2C. The molecule has 1 aromatic carbocycles. The summed E-state index contributed by atoms with van der Waals surface area (Å²) in [6.07, 6.45) is 3.10. The molecule has 0 radical (unpaired) electrons. The summed E-state index contributed by atoms with van der Waals surface area (Å²) < 4.78 is 5.55. The Kier molecular flexibility index (Phi) is 3.42. The molecular formula is C16H16BrNO2. The summed E-state index contributed by atoms with van der Waals surface area (Å²) in [7, 11) is 1.84. The van der Waals surface area contributed by atoms with Gasteiger partial charge in [0, 0.05) is 19.2 Å². The third kappa shape index (κ3) is 2.18. The van der Waals surface area contributed by atoms with Crippen LogP contribution in [0, 0.1) is 6.92 Å². The predicted molar refractivity (Wildman–Crippen MR) is 82.4 cm³/mol. The molecular weight excluding hydrogens is 318 g/mol. The summed E-state index contributed by atoms with van der Waals surface area (Å²) in [4.78, 5) is 13.5. The van der Waals surface area contributed by atoms with Gasteiger partial charge >= 0.3 is 0 Å². The molecule has 4 heteroatoms. The second-order valence-electron chi connectivity index (χ2n) is 5.17. The summed E-state index contributed by atoms with van der Waals surface area (Å²) in [6, 6.07) is 8.21. The van der Waals surface area contributed by atoms with E-state index in [0.717, 1.165) is 29.0 Å². The molecule has 20 heavy (non-hydrogen) atoms. The van der Waals surface area contributed by atoms with E-state index in [-0.39, 0.29) is 10.7 Å². The predicted octanol–water partition coefficient (Wildman–Crippen LogP) is 3.98. The number of rotatable bonds is 2. The average Bonchev–Trinajstić information content (AvgIpc) is 2.88. The normalized spacial score (nSPS) is 16.1. The van der Waals surface area contributed by atoms with Crippen molar-refractivity contribution < 1.29 is 9.21 Å². The first-order valence-electron chi connectivity index (χ1n) is 6.65. The molecule has 2 heterocycles. The van der Waals surface area contributed by atoms with Gasteiger partial charge in [-0.2, -0.15) is 0 Å². The fraction of sp³-hybridized carbons (Fsp3) is 0.312. The molecule has 3 nitrogen and oxygen atoms in total.